The summed E-state index contributed by atoms with van der Waals surface area (Å²) in [5, 5.41) is 3.01. The lowest BCUT2D eigenvalue weighted by molar-refractivity contribution is -0.121. The summed E-state index contributed by atoms with van der Waals surface area (Å²) in [5.41, 5.74) is 7.93. The molecule has 4 heteroatoms. The van der Waals surface area contributed by atoms with Gasteiger partial charge in [-0.25, -0.2) is 0 Å². The number of benzene rings is 1. The van der Waals surface area contributed by atoms with E-state index in [9.17, 15) is 4.79 Å². The standard InChI is InChI=1S/C17H21N3O/c18-16-9-2-1-8-15(16)17(21)19-13-6-5-7-14(12-13)20-10-3-4-11-20/h3-7,10-12,15-16H,1-2,8-9,18H2,(H,19,21). The Morgan fingerprint density at radius 2 is 1.90 bits per heavy atom. The normalized spacial score (nSPS) is 22.0. The largest absolute Gasteiger partial charge is 0.327 e. The number of carbonyl (C=O) groups is 1. The van der Waals surface area contributed by atoms with E-state index in [2.05, 4.69) is 5.32 Å². The lowest BCUT2D eigenvalue weighted by atomic mass is 9.84. The number of anilines is 1. The van der Waals surface area contributed by atoms with E-state index in [0.29, 0.717) is 0 Å². The molecule has 1 aromatic heterocycles. The lowest BCUT2D eigenvalue weighted by Gasteiger charge is -2.27. The number of rotatable bonds is 3. The smallest absolute Gasteiger partial charge is 0.229 e. The SMILES string of the molecule is NC1CCCCC1C(=O)Nc1cccc(-n2cccc2)c1. The van der Waals surface area contributed by atoms with Crippen molar-refractivity contribution in [3.05, 3.63) is 48.8 Å². The second-order valence-corrected chi connectivity index (χ2v) is 5.68. The van der Waals surface area contributed by atoms with Gasteiger partial charge in [-0.2, -0.15) is 0 Å². The zero-order valence-corrected chi connectivity index (χ0v) is 12.0. The molecule has 2 unspecified atom stereocenters. The van der Waals surface area contributed by atoms with Gasteiger partial charge in [0.15, 0.2) is 0 Å². The van der Waals surface area contributed by atoms with Gasteiger partial charge in [0.1, 0.15) is 0 Å². The predicted molar refractivity (Wildman–Crippen MR) is 84.3 cm³/mol. The van der Waals surface area contributed by atoms with E-state index in [-0.39, 0.29) is 17.9 Å². The molecule has 4 nitrogen and oxygen atoms in total. The molecule has 1 heterocycles. The first-order valence-electron chi connectivity index (χ1n) is 7.54. The van der Waals surface area contributed by atoms with Gasteiger partial charge in [-0.05, 0) is 43.2 Å². The van der Waals surface area contributed by atoms with E-state index in [4.69, 9.17) is 5.73 Å². The van der Waals surface area contributed by atoms with Crippen LogP contribution in [0.2, 0.25) is 0 Å². The Labute approximate surface area is 125 Å². The summed E-state index contributed by atoms with van der Waals surface area (Å²) in [5.74, 6) is -0.0131. The Bertz CT molecular complexity index is 606. The first-order valence-corrected chi connectivity index (χ1v) is 7.54. The minimum atomic E-state index is -0.0611. The average Bonchev–Trinajstić information content (AvgIpc) is 3.02. The van der Waals surface area contributed by atoms with E-state index < -0.39 is 0 Å². The van der Waals surface area contributed by atoms with Crippen LogP contribution in [-0.2, 0) is 4.79 Å². The van der Waals surface area contributed by atoms with Crippen LogP contribution in [0.15, 0.2) is 48.8 Å². The summed E-state index contributed by atoms with van der Waals surface area (Å²) in [6.07, 6.45) is 8.03. The third-order valence-corrected chi connectivity index (χ3v) is 4.17. The molecular weight excluding hydrogens is 262 g/mol. The summed E-state index contributed by atoms with van der Waals surface area (Å²) in [6, 6.07) is 11.8. The zero-order valence-electron chi connectivity index (χ0n) is 12.0. The van der Waals surface area contributed by atoms with E-state index in [0.717, 1.165) is 37.1 Å². The molecule has 0 radical (unpaired) electrons. The number of carbonyl (C=O) groups excluding carboxylic acids is 1. The van der Waals surface area contributed by atoms with Crippen molar-refractivity contribution in [3.8, 4) is 5.69 Å². The molecule has 1 aliphatic rings. The highest BCUT2D eigenvalue weighted by Gasteiger charge is 2.28. The van der Waals surface area contributed by atoms with Gasteiger partial charge >= 0.3 is 0 Å². The molecule has 2 atom stereocenters. The van der Waals surface area contributed by atoms with Gasteiger partial charge in [0.25, 0.3) is 0 Å². The molecule has 3 N–H and O–H groups in total. The van der Waals surface area contributed by atoms with Crippen LogP contribution in [0.3, 0.4) is 0 Å². The van der Waals surface area contributed by atoms with Crippen molar-refractivity contribution in [1.82, 2.24) is 4.57 Å². The topological polar surface area (TPSA) is 60.1 Å². The second kappa shape index (κ2) is 6.14. The van der Waals surface area contributed by atoms with Crippen LogP contribution in [0.1, 0.15) is 25.7 Å². The minimum absolute atomic E-state index is 0.00798. The van der Waals surface area contributed by atoms with Crippen molar-refractivity contribution in [2.24, 2.45) is 11.7 Å². The Hall–Kier alpha value is -2.07. The predicted octanol–water partition coefficient (Wildman–Crippen LogP) is 2.93. The van der Waals surface area contributed by atoms with E-state index in [1.165, 1.54) is 0 Å². The van der Waals surface area contributed by atoms with Crippen LogP contribution < -0.4 is 11.1 Å². The molecule has 1 aliphatic carbocycles. The van der Waals surface area contributed by atoms with Gasteiger partial charge < -0.3 is 15.6 Å². The molecule has 1 amide bonds. The lowest BCUT2D eigenvalue weighted by Crippen LogP contribution is -2.40. The first kappa shape index (κ1) is 13.9. The van der Waals surface area contributed by atoms with Gasteiger partial charge in [-0.15, -0.1) is 0 Å². The third kappa shape index (κ3) is 3.16. The molecule has 1 saturated carbocycles. The van der Waals surface area contributed by atoms with Crippen molar-refractivity contribution in [2.75, 3.05) is 5.32 Å². The maximum Gasteiger partial charge on any atom is 0.229 e. The van der Waals surface area contributed by atoms with Crippen LogP contribution in [-0.4, -0.2) is 16.5 Å². The Morgan fingerprint density at radius 3 is 2.67 bits per heavy atom. The first-order chi connectivity index (χ1) is 10.2. The van der Waals surface area contributed by atoms with Crippen LogP contribution in [0, 0.1) is 5.92 Å². The molecule has 0 spiro atoms. The van der Waals surface area contributed by atoms with Crippen molar-refractivity contribution in [1.29, 1.82) is 0 Å². The van der Waals surface area contributed by atoms with Gasteiger partial charge in [-0.3, -0.25) is 4.79 Å². The Morgan fingerprint density at radius 1 is 1.14 bits per heavy atom. The molecule has 1 aromatic carbocycles. The summed E-state index contributed by atoms with van der Waals surface area (Å²) in [6.45, 7) is 0. The monoisotopic (exact) mass is 283 g/mol. The van der Waals surface area contributed by atoms with Gasteiger partial charge in [0.2, 0.25) is 5.91 Å². The van der Waals surface area contributed by atoms with Gasteiger partial charge in [0.05, 0.1) is 5.92 Å². The van der Waals surface area contributed by atoms with Crippen molar-refractivity contribution >= 4 is 11.6 Å². The summed E-state index contributed by atoms with van der Waals surface area (Å²) in [7, 11) is 0. The summed E-state index contributed by atoms with van der Waals surface area (Å²) < 4.78 is 2.02. The van der Waals surface area contributed by atoms with Crippen LogP contribution in [0.5, 0.6) is 0 Å². The zero-order chi connectivity index (χ0) is 14.7. The number of hydrogen-bond acceptors (Lipinski definition) is 2. The van der Waals surface area contributed by atoms with Crippen molar-refractivity contribution in [2.45, 2.75) is 31.7 Å². The highest BCUT2D eigenvalue weighted by atomic mass is 16.1. The van der Waals surface area contributed by atoms with E-state index in [1.807, 2.05) is 53.4 Å². The van der Waals surface area contributed by atoms with Gasteiger partial charge in [-0.1, -0.05) is 18.9 Å². The highest BCUT2D eigenvalue weighted by molar-refractivity contribution is 5.93. The molecule has 21 heavy (non-hydrogen) atoms. The van der Waals surface area contributed by atoms with Crippen LogP contribution >= 0.6 is 0 Å². The van der Waals surface area contributed by atoms with Gasteiger partial charge in [0, 0.05) is 29.8 Å². The summed E-state index contributed by atoms with van der Waals surface area (Å²) >= 11 is 0. The number of nitrogens with two attached hydrogens (primary N) is 1. The average molecular weight is 283 g/mol. The number of nitrogens with zero attached hydrogens (tertiary/aromatic N) is 1. The molecule has 3 rings (SSSR count). The summed E-state index contributed by atoms with van der Waals surface area (Å²) in [4.78, 5) is 12.4. The molecule has 2 aromatic rings. The van der Waals surface area contributed by atoms with Crippen molar-refractivity contribution in [3.63, 3.8) is 0 Å². The van der Waals surface area contributed by atoms with E-state index >= 15 is 0 Å². The minimum Gasteiger partial charge on any atom is -0.327 e. The molecule has 0 bridgehead atoms. The maximum atomic E-state index is 12.4. The molecule has 0 saturated heterocycles. The quantitative estimate of drug-likeness (QED) is 0.910. The highest BCUT2D eigenvalue weighted by Crippen LogP contribution is 2.24. The van der Waals surface area contributed by atoms with E-state index in [1.54, 1.807) is 0 Å². The number of aromatic nitrogens is 1. The molecule has 110 valence electrons. The fourth-order valence-electron chi connectivity index (χ4n) is 2.97. The Kier molecular flexibility index (Phi) is 4.06. The maximum absolute atomic E-state index is 12.4. The third-order valence-electron chi connectivity index (χ3n) is 4.17. The van der Waals surface area contributed by atoms with Crippen LogP contribution in [0.25, 0.3) is 5.69 Å². The number of nitrogens with one attached hydrogen (secondary N) is 1. The fraction of sp³-hybridized carbons (Fsp3) is 0.353. The fourth-order valence-corrected chi connectivity index (χ4v) is 2.97. The molecule has 1 fully saturated rings. The van der Waals surface area contributed by atoms with Crippen molar-refractivity contribution < 1.29 is 4.79 Å². The number of hydrogen-bond donors (Lipinski definition) is 2. The number of amides is 1. The molecular formula is C17H21N3O. The second-order valence-electron chi connectivity index (χ2n) is 5.68. The molecule has 0 aliphatic heterocycles. The van der Waals surface area contributed by atoms with Crippen LogP contribution in [0.4, 0.5) is 5.69 Å². The Balaban J connectivity index is 1.73.